The molecule has 1 aliphatic heterocycles. The molecule has 88 valence electrons. The molecule has 15 heavy (non-hydrogen) atoms. The van der Waals surface area contributed by atoms with Gasteiger partial charge in [0.05, 0.1) is 6.61 Å². The number of hydrogen-bond acceptors (Lipinski definition) is 3. The van der Waals surface area contributed by atoms with E-state index in [4.69, 9.17) is 10.5 Å². The van der Waals surface area contributed by atoms with Crippen molar-refractivity contribution >= 4 is 0 Å². The molecule has 3 nitrogen and oxygen atoms in total. The molecule has 0 aromatic carbocycles. The molecule has 2 aliphatic rings. The summed E-state index contributed by atoms with van der Waals surface area (Å²) in [4.78, 5) is 2.53. The highest BCUT2D eigenvalue weighted by Gasteiger charge is 2.32. The number of nitrogens with zero attached hydrogens (tertiary/aromatic N) is 1. The lowest BCUT2D eigenvalue weighted by Gasteiger charge is -2.35. The summed E-state index contributed by atoms with van der Waals surface area (Å²) in [5.74, 6) is 0.667. The van der Waals surface area contributed by atoms with Crippen molar-refractivity contribution in [3.8, 4) is 0 Å². The van der Waals surface area contributed by atoms with Gasteiger partial charge in [-0.3, -0.25) is 4.90 Å². The maximum Gasteiger partial charge on any atom is 0.0510 e. The molecule has 0 spiro atoms. The fourth-order valence-corrected chi connectivity index (χ4v) is 3.13. The van der Waals surface area contributed by atoms with E-state index < -0.39 is 0 Å². The lowest BCUT2D eigenvalue weighted by Crippen LogP contribution is -2.47. The van der Waals surface area contributed by atoms with E-state index in [-0.39, 0.29) is 0 Å². The molecule has 0 aromatic heterocycles. The van der Waals surface area contributed by atoms with Crippen LogP contribution in [0, 0.1) is 5.92 Å². The van der Waals surface area contributed by atoms with Crippen LogP contribution >= 0.6 is 0 Å². The number of likely N-dealkylation sites (N-methyl/N-ethyl adjacent to an activating group) is 1. The van der Waals surface area contributed by atoms with Crippen LogP contribution in [0.3, 0.4) is 0 Å². The predicted molar refractivity (Wildman–Crippen MR) is 61.8 cm³/mol. The molecule has 2 unspecified atom stereocenters. The van der Waals surface area contributed by atoms with Gasteiger partial charge >= 0.3 is 0 Å². The molecular weight excluding hydrogens is 188 g/mol. The van der Waals surface area contributed by atoms with Crippen LogP contribution in [0.5, 0.6) is 0 Å². The summed E-state index contributed by atoms with van der Waals surface area (Å²) in [6.07, 6.45) is 6.71. The first-order valence-electron chi connectivity index (χ1n) is 6.32. The third-order valence-electron chi connectivity index (χ3n) is 4.17. The molecule has 3 heteroatoms. The van der Waals surface area contributed by atoms with E-state index in [1.807, 2.05) is 0 Å². The van der Waals surface area contributed by atoms with Crippen molar-refractivity contribution in [2.24, 2.45) is 11.7 Å². The van der Waals surface area contributed by atoms with Crippen LogP contribution in [-0.2, 0) is 4.74 Å². The van der Waals surface area contributed by atoms with E-state index in [0.717, 1.165) is 25.8 Å². The van der Waals surface area contributed by atoms with E-state index in [0.29, 0.717) is 12.0 Å². The number of nitrogens with two attached hydrogens (primary N) is 1. The largest absolute Gasteiger partial charge is 0.381 e. The Labute approximate surface area is 93.0 Å². The second-order valence-electron chi connectivity index (χ2n) is 5.03. The molecule has 1 aliphatic carbocycles. The van der Waals surface area contributed by atoms with Crippen molar-refractivity contribution in [1.29, 1.82) is 0 Å². The lowest BCUT2D eigenvalue weighted by molar-refractivity contribution is 0.111. The molecule has 1 heterocycles. The minimum Gasteiger partial charge on any atom is -0.381 e. The van der Waals surface area contributed by atoms with E-state index in [2.05, 4.69) is 11.9 Å². The Hall–Kier alpha value is -0.120. The first-order valence-corrected chi connectivity index (χ1v) is 6.32. The SMILES string of the molecule is CN(C1CCCC1)C(CN)C1CCOC1. The quantitative estimate of drug-likeness (QED) is 0.761. The number of ether oxygens (including phenoxy) is 1. The van der Waals surface area contributed by atoms with Crippen molar-refractivity contribution in [2.45, 2.75) is 44.2 Å². The minimum atomic E-state index is 0.538. The van der Waals surface area contributed by atoms with Crippen LogP contribution in [-0.4, -0.2) is 43.8 Å². The van der Waals surface area contributed by atoms with Crippen LogP contribution in [0.15, 0.2) is 0 Å². The average molecular weight is 212 g/mol. The van der Waals surface area contributed by atoms with E-state index >= 15 is 0 Å². The van der Waals surface area contributed by atoms with E-state index in [1.165, 1.54) is 32.1 Å². The van der Waals surface area contributed by atoms with Crippen molar-refractivity contribution in [3.63, 3.8) is 0 Å². The predicted octanol–water partition coefficient (Wildman–Crippen LogP) is 1.22. The van der Waals surface area contributed by atoms with Gasteiger partial charge in [-0.15, -0.1) is 0 Å². The first kappa shape index (κ1) is 11.4. The summed E-state index contributed by atoms with van der Waals surface area (Å²) in [5, 5.41) is 0. The fraction of sp³-hybridized carbons (Fsp3) is 1.00. The zero-order valence-corrected chi connectivity index (χ0v) is 9.82. The van der Waals surface area contributed by atoms with Crippen LogP contribution in [0.1, 0.15) is 32.1 Å². The van der Waals surface area contributed by atoms with Gasteiger partial charge in [0.1, 0.15) is 0 Å². The van der Waals surface area contributed by atoms with Crippen molar-refractivity contribution in [2.75, 3.05) is 26.8 Å². The zero-order valence-electron chi connectivity index (χ0n) is 9.82. The highest BCUT2D eigenvalue weighted by atomic mass is 16.5. The maximum absolute atomic E-state index is 5.92. The summed E-state index contributed by atoms with van der Waals surface area (Å²) >= 11 is 0. The summed E-state index contributed by atoms with van der Waals surface area (Å²) in [7, 11) is 2.26. The fourth-order valence-electron chi connectivity index (χ4n) is 3.13. The Morgan fingerprint density at radius 3 is 2.60 bits per heavy atom. The highest BCUT2D eigenvalue weighted by molar-refractivity contribution is 4.86. The van der Waals surface area contributed by atoms with Gasteiger partial charge in [-0.1, -0.05) is 12.8 Å². The molecule has 1 saturated heterocycles. The molecule has 2 N–H and O–H groups in total. The number of rotatable bonds is 4. The topological polar surface area (TPSA) is 38.5 Å². The van der Waals surface area contributed by atoms with Gasteiger partial charge in [0.2, 0.25) is 0 Å². The van der Waals surface area contributed by atoms with Crippen LogP contribution in [0.25, 0.3) is 0 Å². The van der Waals surface area contributed by atoms with Gasteiger partial charge in [0.15, 0.2) is 0 Å². The highest BCUT2D eigenvalue weighted by Crippen LogP contribution is 2.28. The minimum absolute atomic E-state index is 0.538. The Morgan fingerprint density at radius 2 is 2.07 bits per heavy atom. The summed E-state index contributed by atoms with van der Waals surface area (Å²) in [6, 6.07) is 1.31. The molecule has 0 amide bonds. The van der Waals surface area contributed by atoms with Crippen LogP contribution in [0.2, 0.25) is 0 Å². The molecule has 0 bridgehead atoms. The third-order valence-corrected chi connectivity index (χ3v) is 4.17. The summed E-state index contributed by atoms with van der Waals surface area (Å²) in [5.41, 5.74) is 5.92. The second-order valence-corrected chi connectivity index (χ2v) is 5.03. The van der Waals surface area contributed by atoms with Crippen molar-refractivity contribution in [3.05, 3.63) is 0 Å². The van der Waals surface area contributed by atoms with Crippen LogP contribution < -0.4 is 5.73 Å². The molecule has 2 atom stereocenters. The standard InChI is InChI=1S/C12H24N2O/c1-14(11-4-2-3-5-11)12(8-13)10-6-7-15-9-10/h10-12H,2-9,13H2,1H3. The first-order chi connectivity index (χ1) is 7.33. The molecule has 2 fully saturated rings. The van der Waals surface area contributed by atoms with Gasteiger partial charge in [-0.05, 0) is 26.3 Å². The second kappa shape index (κ2) is 5.28. The Bertz CT molecular complexity index is 186. The van der Waals surface area contributed by atoms with E-state index in [9.17, 15) is 0 Å². The van der Waals surface area contributed by atoms with Crippen molar-refractivity contribution in [1.82, 2.24) is 4.90 Å². The van der Waals surface area contributed by atoms with Gasteiger partial charge in [-0.25, -0.2) is 0 Å². The molecule has 1 saturated carbocycles. The van der Waals surface area contributed by atoms with Gasteiger partial charge in [-0.2, -0.15) is 0 Å². The summed E-state index contributed by atoms with van der Waals surface area (Å²) < 4.78 is 5.47. The maximum atomic E-state index is 5.92. The Morgan fingerprint density at radius 1 is 1.33 bits per heavy atom. The normalized spacial score (nSPS) is 30.2. The molecule has 0 radical (unpaired) electrons. The molecular formula is C12H24N2O. The van der Waals surface area contributed by atoms with Crippen LogP contribution in [0.4, 0.5) is 0 Å². The Kier molecular flexibility index (Phi) is 4.00. The van der Waals surface area contributed by atoms with Crippen molar-refractivity contribution < 1.29 is 4.74 Å². The number of hydrogen-bond donors (Lipinski definition) is 1. The van der Waals surface area contributed by atoms with Gasteiger partial charge in [0, 0.05) is 31.2 Å². The Balaban J connectivity index is 1.91. The van der Waals surface area contributed by atoms with Gasteiger partial charge in [0.25, 0.3) is 0 Å². The molecule has 0 aromatic rings. The van der Waals surface area contributed by atoms with E-state index in [1.54, 1.807) is 0 Å². The lowest BCUT2D eigenvalue weighted by atomic mass is 9.96. The van der Waals surface area contributed by atoms with Gasteiger partial charge < -0.3 is 10.5 Å². The smallest absolute Gasteiger partial charge is 0.0510 e. The molecule has 2 rings (SSSR count). The zero-order chi connectivity index (χ0) is 10.7. The summed E-state index contributed by atoms with van der Waals surface area (Å²) in [6.45, 7) is 2.62. The third kappa shape index (κ3) is 2.52. The monoisotopic (exact) mass is 212 g/mol. The average Bonchev–Trinajstić information content (AvgIpc) is 2.91.